The number of hydrogen-bond acceptors (Lipinski definition) is 6. The molecule has 0 atom stereocenters. The molecule has 0 saturated heterocycles. The topological polar surface area (TPSA) is 98.0 Å². The van der Waals surface area contributed by atoms with Crippen LogP contribution in [0.15, 0.2) is 46.9 Å². The third-order valence-corrected chi connectivity index (χ3v) is 4.90. The van der Waals surface area contributed by atoms with Gasteiger partial charge in [-0.05, 0) is 25.1 Å². The second-order valence-electron chi connectivity index (χ2n) is 5.08. The number of aromatic nitrogens is 2. The number of rotatable bonds is 4. The van der Waals surface area contributed by atoms with E-state index < -0.39 is 10.8 Å². The van der Waals surface area contributed by atoms with Crippen LogP contribution in [0.25, 0.3) is 10.6 Å². The number of anilines is 1. The van der Waals surface area contributed by atoms with Crippen LogP contribution in [-0.4, -0.2) is 21.0 Å². The highest BCUT2D eigenvalue weighted by atomic mass is 79.9. The molecule has 2 aromatic carbocycles. The van der Waals surface area contributed by atoms with Crippen molar-refractivity contribution in [1.82, 2.24) is 10.2 Å². The molecule has 0 saturated carbocycles. The molecule has 0 spiro atoms. The molecule has 1 N–H and O–H groups in total. The zero-order valence-corrected chi connectivity index (χ0v) is 15.3. The van der Waals surface area contributed by atoms with Gasteiger partial charge < -0.3 is 0 Å². The predicted molar refractivity (Wildman–Crippen MR) is 98.8 cm³/mol. The number of hydrogen-bond donors (Lipinski definition) is 1. The van der Waals surface area contributed by atoms with Gasteiger partial charge in [-0.2, -0.15) is 0 Å². The third-order valence-electron chi connectivity index (χ3n) is 3.48. The molecule has 9 heteroatoms. The Hall–Kier alpha value is -2.65. The van der Waals surface area contributed by atoms with Crippen molar-refractivity contribution in [3.8, 4) is 10.6 Å². The molecule has 0 fully saturated rings. The molecule has 0 aliphatic rings. The van der Waals surface area contributed by atoms with E-state index in [0.717, 1.165) is 10.0 Å². The molecule has 7 nitrogen and oxygen atoms in total. The van der Waals surface area contributed by atoms with Crippen LogP contribution < -0.4 is 5.32 Å². The summed E-state index contributed by atoms with van der Waals surface area (Å²) >= 11 is 4.59. The Labute approximate surface area is 155 Å². The lowest BCUT2D eigenvalue weighted by Crippen LogP contribution is -2.14. The third kappa shape index (κ3) is 3.72. The molecule has 1 heterocycles. The first-order chi connectivity index (χ1) is 12.0. The van der Waals surface area contributed by atoms with Crippen molar-refractivity contribution in [2.75, 3.05) is 5.32 Å². The Kier molecular flexibility index (Phi) is 4.86. The summed E-state index contributed by atoms with van der Waals surface area (Å²) in [7, 11) is 0. The zero-order valence-electron chi connectivity index (χ0n) is 12.9. The van der Waals surface area contributed by atoms with Gasteiger partial charge in [0.05, 0.1) is 4.92 Å². The molecule has 3 rings (SSSR count). The van der Waals surface area contributed by atoms with E-state index in [9.17, 15) is 14.9 Å². The molecule has 0 aliphatic heterocycles. The van der Waals surface area contributed by atoms with Crippen LogP contribution in [0.4, 0.5) is 10.8 Å². The predicted octanol–water partition coefficient (Wildman–Crippen LogP) is 4.44. The van der Waals surface area contributed by atoms with Crippen molar-refractivity contribution >= 4 is 44.0 Å². The minimum atomic E-state index is -0.511. The number of nitro benzene ring substituents is 1. The Morgan fingerprint density at radius 2 is 1.92 bits per heavy atom. The maximum Gasteiger partial charge on any atom is 0.273 e. The maximum absolute atomic E-state index is 12.4. The van der Waals surface area contributed by atoms with Gasteiger partial charge in [0.2, 0.25) is 5.13 Å². The number of amides is 1. The molecule has 0 unspecified atom stereocenters. The average molecular weight is 419 g/mol. The van der Waals surface area contributed by atoms with Gasteiger partial charge in [0, 0.05) is 27.2 Å². The first kappa shape index (κ1) is 17.2. The molecular weight excluding hydrogens is 408 g/mol. The summed E-state index contributed by atoms with van der Waals surface area (Å²) in [5.74, 6) is -0.459. The highest BCUT2D eigenvalue weighted by molar-refractivity contribution is 9.10. The number of carbonyl (C=O) groups is 1. The van der Waals surface area contributed by atoms with Crippen molar-refractivity contribution in [3.05, 3.63) is 68.2 Å². The van der Waals surface area contributed by atoms with Gasteiger partial charge in [-0.1, -0.05) is 45.5 Å². The molecule has 3 aromatic rings. The number of nitrogens with zero attached hydrogens (tertiary/aromatic N) is 3. The Bertz CT molecular complexity index is 956. The molecule has 0 bridgehead atoms. The lowest BCUT2D eigenvalue weighted by Gasteiger charge is -2.05. The van der Waals surface area contributed by atoms with Gasteiger partial charge in [0.1, 0.15) is 5.01 Å². The number of halogens is 1. The molecule has 0 radical (unpaired) electrons. The normalized spacial score (nSPS) is 10.5. The Morgan fingerprint density at radius 3 is 2.60 bits per heavy atom. The van der Waals surface area contributed by atoms with E-state index in [4.69, 9.17) is 0 Å². The summed E-state index contributed by atoms with van der Waals surface area (Å²) in [6, 6.07) is 11.9. The summed E-state index contributed by atoms with van der Waals surface area (Å²) in [5, 5.41) is 22.6. The number of benzene rings is 2. The summed E-state index contributed by atoms with van der Waals surface area (Å²) in [6.07, 6.45) is 0. The minimum absolute atomic E-state index is 0.0968. The van der Waals surface area contributed by atoms with E-state index in [-0.39, 0.29) is 11.3 Å². The molecular formula is C16H11BrN4O3S. The number of nitro groups is 1. The smallest absolute Gasteiger partial charge is 0.273 e. The average Bonchev–Trinajstić information content (AvgIpc) is 3.03. The Balaban J connectivity index is 1.82. The number of carbonyl (C=O) groups excluding carboxylic acids is 1. The van der Waals surface area contributed by atoms with E-state index in [1.54, 1.807) is 6.92 Å². The van der Waals surface area contributed by atoms with Crippen molar-refractivity contribution in [2.24, 2.45) is 0 Å². The Morgan fingerprint density at radius 1 is 1.20 bits per heavy atom. The van der Waals surface area contributed by atoms with Gasteiger partial charge in [-0.15, -0.1) is 10.2 Å². The van der Waals surface area contributed by atoms with E-state index in [1.165, 1.54) is 29.5 Å². The quantitative estimate of drug-likeness (QED) is 0.498. The summed E-state index contributed by atoms with van der Waals surface area (Å²) < 4.78 is 0.954. The van der Waals surface area contributed by atoms with E-state index in [1.807, 2.05) is 24.3 Å². The lowest BCUT2D eigenvalue weighted by atomic mass is 10.1. The van der Waals surface area contributed by atoms with Crippen LogP contribution in [0.5, 0.6) is 0 Å². The monoisotopic (exact) mass is 418 g/mol. The summed E-state index contributed by atoms with van der Waals surface area (Å²) in [4.78, 5) is 22.9. The lowest BCUT2D eigenvalue weighted by molar-refractivity contribution is -0.385. The van der Waals surface area contributed by atoms with Crippen molar-refractivity contribution < 1.29 is 9.72 Å². The van der Waals surface area contributed by atoms with Gasteiger partial charge in [0.15, 0.2) is 0 Å². The molecule has 1 amide bonds. The SMILES string of the molecule is Cc1c(C(=O)Nc2nnc(-c3ccc(Br)cc3)s2)cccc1[N+](=O)[O-]. The van der Waals surface area contributed by atoms with Crippen LogP contribution in [-0.2, 0) is 0 Å². The second-order valence-corrected chi connectivity index (χ2v) is 6.97. The van der Waals surface area contributed by atoms with Crippen molar-refractivity contribution in [2.45, 2.75) is 6.92 Å². The summed E-state index contributed by atoms with van der Waals surface area (Å²) in [6.45, 7) is 1.54. The van der Waals surface area contributed by atoms with Gasteiger partial charge in [-0.25, -0.2) is 0 Å². The standard InChI is InChI=1S/C16H11BrN4O3S/c1-9-12(3-2-4-13(9)21(23)24)14(22)18-16-20-19-15(25-16)10-5-7-11(17)8-6-10/h2-8H,1H3,(H,18,20,22). The van der Waals surface area contributed by atoms with Gasteiger partial charge >= 0.3 is 0 Å². The number of nitrogens with one attached hydrogen (secondary N) is 1. The second kappa shape index (κ2) is 7.08. The van der Waals surface area contributed by atoms with Crippen LogP contribution in [0.3, 0.4) is 0 Å². The zero-order chi connectivity index (χ0) is 18.0. The van der Waals surface area contributed by atoms with Gasteiger partial charge in [-0.3, -0.25) is 20.2 Å². The van der Waals surface area contributed by atoms with Crippen LogP contribution >= 0.6 is 27.3 Å². The fraction of sp³-hybridized carbons (Fsp3) is 0.0625. The molecule has 1 aromatic heterocycles. The van der Waals surface area contributed by atoms with Crippen molar-refractivity contribution in [1.29, 1.82) is 0 Å². The molecule has 0 aliphatic carbocycles. The largest absolute Gasteiger partial charge is 0.296 e. The summed E-state index contributed by atoms with van der Waals surface area (Å²) in [5.41, 5.74) is 1.32. The first-order valence-electron chi connectivity index (χ1n) is 7.10. The van der Waals surface area contributed by atoms with Gasteiger partial charge in [0.25, 0.3) is 11.6 Å². The van der Waals surface area contributed by atoms with Crippen molar-refractivity contribution in [3.63, 3.8) is 0 Å². The molecule has 126 valence electrons. The first-order valence-corrected chi connectivity index (χ1v) is 8.71. The van der Waals surface area contributed by atoms with E-state index >= 15 is 0 Å². The van der Waals surface area contributed by atoms with E-state index in [0.29, 0.717) is 15.7 Å². The fourth-order valence-corrected chi connectivity index (χ4v) is 3.22. The van der Waals surface area contributed by atoms with Crippen LogP contribution in [0, 0.1) is 17.0 Å². The maximum atomic E-state index is 12.4. The van der Waals surface area contributed by atoms with E-state index in [2.05, 4.69) is 31.4 Å². The highest BCUT2D eigenvalue weighted by Gasteiger charge is 2.19. The fourth-order valence-electron chi connectivity index (χ4n) is 2.21. The highest BCUT2D eigenvalue weighted by Crippen LogP contribution is 2.28. The van der Waals surface area contributed by atoms with Crippen LogP contribution in [0.1, 0.15) is 15.9 Å². The molecule has 25 heavy (non-hydrogen) atoms. The van der Waals surface area contributed by atoms with Crippen LogP contribution in [0.2, 0.25) is 0 Å². The minimum Gasteiger partial charge on any atom is -0.296 e.